The average molecular weight is 513 g/mol. The van der Waals surface area contributed by atoms with Gasteiger partial charge in [0.25, 0.3) is 0 Å². The van der Waals surface area contributed by atoms with Gasteiger partial charge >= 0.3 is 5.97 Å². The number of hydrogen-bond donors (Lipinski definition) is 0. The Morgan fingerprint density at radius 3 is 1.91 bits per heavy atom. The minimum atomic E-state index is -1.99. The zero-order chi connectivity index (χ0) is 25.8. The Morgan fingerprint density at radius 2 is 1.44 bits per heavy atom. The van der Waals surface area contributed by atoms with Gasteiger partial charge in [0.2, 0.25) is 8.32 Å². The predicted octanol–water partition coefficient (Wildman–Crippen LogP) is 7.77. The summed E-state index contributed by atoms with van der Waals surface area (Å²) >= 11 is 0. The zero-order valence-electron chi connectivity index (χ0n) is 23.3. The minimum Gasteiger partial charge on any atom is -0.546 e. The molecule has 1 aliphatic rings. The molecule has 0 aliphatic heterocycles. The third kappa shape index (κ3) is 8.33. The van der Waals surface area contributed by atoms with Crippen LogP contribution in [0.5, 0.6) is 0 Å². The molecule has 0 saturated heterocycles. The molecule has 198 valence electrons. The Kier molecular flexibility index (Phi) is 13.9. The van der Waals surface area contributed by atoms with E-state index in [1.807, 2.05) is 0 Å². The van der Waals surface area contributed by atoms with E-state index in [2.05, 4.69) is 54.5 Å². The van der Waals surface area contributed by atoms with Crippen LogP contribution < -0.4 is 0 Å². The quantitative estimate of drug-likeness (QED) is 0.0862. The maximum absolute atomic E-state index is 13.2. The van der Waals surface area contributed by atoms with Gasteiger partial charge in [0.05, 0.1) is 17.8 Å². The van der Waals surface area contributed by atoms with E-state index in [-0.39, 0.29) is 17.8 Å². The Balaban J connectivity index is 3.46. The molecule has 0 spiro atoms. The molecule has 1 rings (SSSR count). The number of ether oxygens (including phenoxy) is 1. The molecule has 1 fully saturated rings. The van der Waals surface area contributed by atoms with E-state index in [0.717, 1.165) is 54.9 Å². The molecule has 3 atom stereocenters. The lowest BCUT2D eigenvalue weighted by Gasteiger charge is -2.38. The molecule has 0 heterocycles. The molecular weight excluding hydrogens is 460 g/mol. The number of hydrogen-bond acceptors (Lipinski definition) is 5. The highest BCUT2D eigenvalue weighted by molar-refractivity contribution is 6.74. The molecule has 0 N–H and O–H groups in total. The third-order valence-electron chi connectivity index (χ3n) is 8.07. The highest BCUT2D eigenvalue weighted by atomic mass is 28.4. The van der Waals surface area contributed by atoms with Gasteiger partial charge in [-0.3, -0.25) is 9.59 Å². The van der Waals surface area contributed by atoms with Gasteiger partial charge in [-0.25, -0.2) is 0 Å². The van der Waals surface area contributed by atoms with Crippen LogP contribution in [-0.2, 0) is 23.2 Å². The van der Waals surface area contributed by atoms with E-state index in [0.29, 0.717) is 6.42 Å². The first-order chi connectivity index (χ1) is 16.2. The van der Waals surface area contributed by atoms with Crippen molar-refractivity contribution in [3.05, 3.63) is 11.8 Å². The molecule has 34 heavy (non-hydrogen) atoms. The van der Waals surface area contributed by atoms with Crippen molar-refractivity contribution in [3.8, 4) is 0 Å². The van der Waals surface area contributed by atoms with Gasteiger partial charge < -0.3 is 13.6 Å². The molecular formula is C27H52O5Si2. The van der Waals surface area contributed by atoms with Gasteiger partial charge in [-0.1, -0.05) is 67.7 Å². The summed E-state index contributed by atoms with van der Waals surface area (Å²) < 4.78 is 19.5. The average Bonchev–Trinajstić information content (AvgIpc) is 3.13. The fourth-order valence-corrected chi connectivity index (χ4v) is 10.7. The van der Waals surface area contributed by atoms with Crippen molar-refractivity contribution in [2.45, 2.75) is 142 Å². The zero-order valence-corrected chi connectivity index (χ0v) is 25.3. The number of Topliss-reactive ketones (excluding diaryl/α,β-unsaturated/α-hetero) is 1. The van der Waals surface area contributed by atoms with Crippen molar-refractivity contribution in [1.29, 1.82) is 0 Å². The number of rotatable bonds is 17. The highest BCUT2D eigenvalue weighted by Crippen LogP contribution is 2.41. The molecule has 1 aliphatic carbocycles. The topological polar surface area (TPSA) is 61.8 Å². The maximum Gasteiger partial charge on any atom is 0.303 e. The van der Waals surface area contributed by atoms with Crippen LogP contribution >= 0.6 is 0 Å². The number of allylic oxidation sites excluding steroid dienone is 1. The van der Waals surface area contributed by atoms with Gasteiger partial charge in [0.1, 0.15) is 0 Å². The minimum absolute atomic E-state index is 0.0337. The third-order valence-corrected chi connectivity index (χ3v) is 17.3. The highest BCUT2D eigenvalue weighted by Gasteiger charge is 2.51. The van der Waals surface area contributed by atoms with Gasteiger partial charge in [0.15, 0.2) is 20.2 Å². The van der Waals surface area contributed by atoms with Crippen LogP contribution in [0.25, 0.3) is 0 Å². The van der Waals surface area contributed by atoms with Crippen molar-refractivity contribution in [3.63, 3.8) is 0 Å². The van der Waals surface area contributed by atoms with E-state index < -0.39 is 28.7 Å². The van der Waals surface area contributed by atoms with Gasteiger partial charge in [-0.2, -0.15) is 0 Å². The Hall–Kier alpha value is -0.926. The summed E-state index contributed by atoms with van der Waals surface area (Å²) in [5, 5.41) is 0. The molecule has 0 aromatic carbocycles. The van der Waals surface area contributed by atoms with Crippen LogP contribution in [0.4, 0.5) is 0 Å². The lowest BCUT2D eigenvalue weighted by atomic mass is 9.99. The summed E-state index contributed by atoms with van der Waals surface area (Å²) in [5.41, 5.74) is 0. The van der Waals surface area contributed by atoms with Gasteiger partial charge in [-0.05, 0) is 55.2 Å². The first kappa shape index (κ1) is 31.1. The van der Waals surface area contributed by atoms with Crippen molar-refractivity contribution >= 4 is 28.4 Å². The SMILES string of the molecule is CCCCCC/C=C(\O[Si](CC)(CC)CC)[C@H]1C(OC(C)=O)C(=O)C[C@@H]1O[Si](CC)(CC)CC. The van der Waals surface area contributed by atoms with Crippen molar-refractivity contribution < 1.29 is 23.2 Å². The first-order valence-corrected chi connectivity index (χ1v) is 19.0. The smallest absolute Gasteiger partial charge is 0.303 e. The number of carbonyl (C=O) groups is 2. The van der Waals surface area contributed by atoms with Crippen LogP contribution in [0.3, 0.4) is 0 Å². The van der Waals surface area contributed by atoms with E-state index >= 15 is 0 Å². The van der Waals surface area contributed by atoms with Crippen LogP contribution in [-0.4, -0.2) is 40.6 Å². The Labute approximate surface area is 211 Å². The Morgan fingerprint density at radius 1 is 0.882 bits per heavy atom. The molecule has 1 saturated carbocycles. The maximum atomic E-state index is 13.2. The molecule has 0 aromatic rings. The second-order valence-electron chi connectivity index (χ2n) is 9.93. The monoisotopic (exact) mass is 512 g/mol. The first-order valence-electron chi connectivity index (χ1n) is 14.0. The van der Waals surface area contributed by atoms with E-state index in [1.54, 1.807) is 0 Å². The second kappa shape index (κ2) is 15.2. The Bertz CT molecular complexity index is 639. The molecule has 0 aromatic heterocycles. The van der Waals surface area contributed by atoms with Crippen molar-refractivity contribution in [1.82, 2.24) is 0 Å². The molecule has 0 radical (unpaired) electrons. The number of unbranched alkanes of at least 4 members (excludes halogenated alkanes) is 4. The summed E-state index contributed by atoms with van der Waals surface area (Å²) in [5.74, 6) is 0.0764. The lowest BCUT2D eigenvalue weighted by Crippen LogP contribution is -2.45. The summed E-state index contributed by atoms with van der Waals surface area (Å²) in [6.07, 6.45) is 7.05. The van der Waals surface area contributed by atoms with Gasteiger partial charge in [0, 0.05) is 13.3 Å². The van der Waals surface area contributed by atoms with Crippen LogP contribution in [0.2, 0.25) is 36.3 Å². The van der Waals surface area contributed by atoms with Crippen molar-refractivity contribution in [2.24, 2.45) is 5.92 Å². The predicted molar refractivity (Wildman–Crippen MR) is 146 cm³/mol. The largest absolute Gasteiger partial charge is 0.546 e. The summed E-state index contributed by atoms with van der Waals surface area (Å²) in [6, 6.07) is 6.12. The summed E-state index contributed by atoms with van der Waals surface area (Å²) in [6.45, 7) is 16.9. The summed E-state index contributed by atoms with van der Waals surface area (Å²) in [7, 11) is -3.96. The van der Waals surface area contributed by atoms with Crippen LogP contribution in [0, 0.1) is 5.92 Å². The fraction of sp³-hybridized carbons (Fsp3) is 0.852. The normalized spacial score (nSPS) is 21.7. The van der Waals surface area contributed by atoms with E-state index in [9.17, 15) is 9.59 Å². The molecule has 1 unspecified atom stereocenters. The second-order valence-corrected chi connectivity index (χ2v) is 19.3. The van der Waals surface area contributed by atoms with E-state index in [1.165, 1.54) is 26.2 Å². The molecule has 7 heteroatoms. The molecule has 0 amide bonds. The standard InChI is InChI=1S/C27H52O5Si2/c1-9-16-17-18-19-20-24(31-33(10-2,11-3)12-4)26-25(32-34(13-5,14-6)15-7)21-23(29)27(26)30-22(8)28/h20,25-27H,9-19,21H2,1-8H3/b24-20-/t25-,26+,27?/m0/s1. The lowest BCUT2D eigenvalue weighted by molar-refractivity contribution is -0.153. The van der Waals surface area contributed by atoms with Gasteiger partial charge in [-0.15, -0.1) is 0 Å². The molecule has 5 nitrogen and oxygen atoms in total. The van der Waals surface area contributed by atoms with Crippen LogP contribution in [0.1, 0.15) is 93.9 Å². The fourth-order valence-electron chi connectivity index (χ4n) is 5.20. The van der Waals surface area contributed by atoms with Crippen molar-refractivity contribution in [2.75, 3.05) is 0 Å². The van der Waals surface area contributed by atoms with Crippen LogP contribution in [0.15, 0.2) is 11.8 Å². The summed E-state index contributed by atoms with van der Waals surface area (Å²) in [4.78, 5) is 25.2. The molecule has 0 bridgehead atoms. The number of esters is 1. The number of carbonyl (C=O) groups excluding carboxylic acids is 2. The van der Waals surface area contributed by atoms with E-state index in [4.69, 9.17) is 13.6 Å². The number of ketones is 1.